The molecule has 10 heteroatoms. The van der Waals surface area contributed by atoms with E-state index in [1.807, 2.05) is 0 Å². The first-order valence-corrected chi connectivity index (χ1v) is 9.96. The van der Waals surface area contributed by atoms with Gasteiger partial charge in [-0.3, -0.25) is 4.31 Å². The Bertz CT molecular complexity index is 914. The van der Waals surface area contributed by atoms with Crippen molar-refractivity contribution in [3.8, 4) is 6.07 Å². The molecule has 2 aliphatic carbocycles. The quantitative estimate of drug-likeness (QED) is 0.726. The van der Waals surface area contributed by atoms with Crippen LogP contribution in [0.25, 0.3) is 0 Å². The maximum absolute atomic E-state index is 13.2. The highest BCUT2D eigenvalue weighted by Gasteiger charge is 2.66. The van der Waals surface area contributed by atoms with Crippen molar-refractivity contribution in [2.24, 2.45) is 17.8 Å². The van der Waals surface area contributed by atoms with Crippen molar-refractivity contribution in [2.45, 2.75) is 29.3 Å². The molecule has 3 fully saturated rings. The van der Waals surface area contributed by atoms with E-state index >= 15 is 0 Å². The number of nitrogens with zero attached hydrogens (tertiary/aromatic N) is 2. The molecule has 26 heavy (non-hydrogen) atoms. The van der Waals surface area contributed by atoms with Crippen molar-refractivity contribution in [1.82, 2.24) is 0 Å². The Morgan fingerprint density at radius 2 is 1.96 bits per heavy atom. The fraction of sp³-hybridized carbons (Fsp3) is 0.562. The molecule has 0 unspecified atom stereocenters. The van der Waals surface area contributed by atoms with Crippen LogP contribution in [0.1, 0.15) is 17.5 Å². The molecule has 4 rings (SSSR count). The maximum atomic E-state index is 13.2. The summed E-state index contributed by atoms with van der Waals surface area (Å²) in [4.78, 5) is 0. The molecule has 2 saturated carbocycles. The third-order valence-electron chi connectivity index (χ3n) is 5.86. The highest BCUT2D eigenvalue weighted by atomic mass is 35.5. The molecule has 0 radical (unpaired) electrons. The number of halogens is 4. The third kappa shape index (κ3) is 2.28. The number of fused-ring (bicyclic) bond motifs is 5. The van der Waals surface area contributed by atoms with Crippen LogP contribution in [0.4, 0.5) is 18.9 Å². The number of aliphatic hydroxyl groups is 1. The van der Waals surface area contributed by atoms with Gasteiger partial charge >= 0.3 is 6.18 Å². The standard InChI is InChI=1S/C16H14ClF3N2O3S/c17-13-9-4-10(14(13)23)15-11(9)6-22(26(15,24)25)8-2-1-7(5-21)12(3-8)16(18,19)20/h1-3,9-11,13-15,23H,4,6H2/t9-,10-,11-,13+,14+,15+/m0/s1. The largest absolute Gasteiger partial charge is 0.417 e. The molecule has 1 N–H and O–H groups in total. The Labute approximate surface area is 153 Å². The van der Waals surface area contributed by atoms with Gasteiger partial charge in [-0.2, -0.15) is 18.4 Å². The summed E-state index contributed by atoms with van der Waals surface area (Å²) in [6, 6.07) is 4.37. The zero-order valence-electron chi connectivity index (χ0n) is 13.2. The second kappa shape index (κ2) is 5.50. The number of benzene rings is 1. The van der Waals surface area contributed by atoms with Gasteiger partial charge < -0.3 is 5.11 Å². The van der Waals surface area contributed by atoms with E-state index in [0.29, 0.717) is 12.5 Å². The Morgan fingerprint density at radius 3 is 2.58 bits per heavy atom. The molecule has 1 saturated heterocycles. The Kier molecular flexibility index (Phi) is 3.79. The van der Waals surface area contributed by atoms with Gasteiger partial charge in [0.15, 0.2) is 0 Å². The number of anilines is 1. The molecular formula is C16H14ClF3N2O3S. The minimum atomic E-state index is -4.77. The zero-order chi connectivity index (χ0) is 19.0. The summed E-state index contributed by atoms with van der Waals surface area (Å²) in [6.45, 7) is 0.0350. The number of nitriles is 1. The van der Waals surface area contributed by atoms with Gasteiger partial charge in [-0.05, 0) is 30.5 Å². The molecule has 0 aromatic heterocycles. The van der Waals surface area contributed by atoms with Crippen LogP contribution in [0.3, 0.4) is 0 Å². The first-order valence-electron chi connectivity index (χ1n) is 8.02. The van der Waals surface area contributed by atoms with Crippen molar-refractivity contribution in [2.75, 3.05) is 10.8 Å². The lowest BCUT2D eigenvalue weighted by atomic mass is 9.86. The summed E-state index contributed by atoms with van der Waals surface area (Å²) in [6.07, 6.45) is -5.18. The number of alkyl halides is 4. The average Bonchev–Trinajstić information content (AvgIpc) is 3.17. The van der Waals surface area contributed by atoms with Crippen LogP contribution in [-0.2, 0) is 16.2 Å². The Hall–Kier alpha value is -1.50. The van der Waals surface area contributed by atoms with E-state index in [9.17, 15) is 26.7 Å². The highest BCUT2D eigenvalue weighted by molar-refractivity contribution is 7.93. The summed E-state index contributed by atoms with van der Waals surface area (Å²) >= 11 is 6.19. The summed E-state index contributed by atoms with van der Waals surface area (Å²) in [5, 5.41) is 17.7. The van der Waals surface area contributed by atoms with Gasteiger partial charge in [0.05, 0.1) is 39.6 Å². The fourth-order valence-electron chi connectivity index (χ4n) is 4.77. The SMILES string of the molecule is N#Cc1ccc(N2C[C@H]3[C@@H]4C[C@@H]([C@@H](O)[C@@H]4Cl)[C@H]3S2(=O)=O)cc1C(F)(F)F. The van der Waals surface area contributed by atoms with Crippen LogP contribution < -0.4 is 4.31 Å². The zero-order valence-corrected chi connectivity index (χ0v) is 14.8. The first kappa shape index (κ1) is 17.9. The topological polar surface area (TPSA) is 81.4 Å². The van der Waals surface area contributed by atoms with E-state index in [2.05, 4.69) is 0 Å². The molecule has 0 amide bonds. The van der Waals surface area contributed by atoms with E-state index < -0.39 is 50.0 Å². The van der Waals surface area contributed by atoms with Crippen LogP contribution in [0.2, 0.25) is 0 Å². The van der Waals surface area contributed by atoms with E-state index in [4.69, 9.17) is 16.9 Å². The van der Waals surface area contributed by atoms with Crippen LogP contribution in [0.5, 0.6) is 0 Å². The molecular weight excluding hydrogens is 393 g/mol. The summed E-state index contributed by atoms with van der Waals surface area (Å²) in [5.74, 6) is -0.995. The van der Waals surface area contributed by atoms with Crippen LogP contribution in [-0.4, -0.2) is 36.8 Å². The normalized spacial score (nSPS) is 37.6. The second-order valence-corrected chi connectivity index (χ2v) is 9.56. The molecule has 1 aromatic carbocycles. The molecule has 1 heterocycles. The molecule has 2 bridgehead atoms. The van der Waals surface area contributed by atoms with Gasteiger partial charge in [0, 0.05) is 18.4 Å². The van der Waals surface area contributed by atoms with Crippen molar-refractivity contribution >= 4 is 27.3 Å². The lowest BCUT2D eigenvalue weighted by molar-refractivity contribution is -0.137. The summed E-state index contributed by atoms with van der Waals surface area (Å²) in [5.41, 5.74) is -1.84. The number of aliphatic hydroxyl groups excluding tert-OH is 1. The van der Waals surface area contributed by atoms with Crippen molar-refractivity contribution in [3.05, 3.63) is 29.3 Å². The Balaban J connectivity index is 1.76. The number of rotatable bonds is 1. The molecule has 6 atom stereocenters. The fourth-order valence-corrected chi connectivity index (χ4v) is 7.77. The smallest absolute Gasteiger partial charge is 0.391 e. The minimum Gasteiger partial charge on any atom is -0.391 e. The maximum Gasteiger partial charge on any atom is 0.417 e. The predicted octanol–water partition coefficient (Wildman–Crippen LogP) is 2.33. The molecule has 5 nitrogen and oxygen atoms in total. The monoisotopic (exact) mass is 406 g/mol. The Morgan fingerprint density at radius 1 is 1.27 bits per heavy atom. The first-order chi connectivity index (χ1) is 12.1. The van der Waals surface area contributed by atoms with E-state index in [1.165, 1.54) is 12.1 Å². The van der Waals surface area contributed by atoms with Crippen LogP contribution in [0, 0.1) is 29.1 Å². The third-order valence-corrected chi connectivity index (χ3v) is 8.80. The molecule has 0 spiro atoms. The van der Waals surface area contributed by atoms with Crippen LogP contribution >= 0.6 is 11.6 Å². The van der Waals surface area contributed by atoms with Gasteiger partial charge in [-0.15, -0.1) is 11.6 Å². The van der Waals surface area contributed by atoms with Gasteiger partial charge in [-0.1, -0.05) is 0 Å². The number of sulfonamides is 1. The molecule has 1 aromatic rings. The second-order valence-electron chi connectivity index (χ2n) is 7.04. The minimum absolute atomic E-state index is 0.0350. The number of hydrogen-bond donors (Lipinski definition) is 1. The molecule has 140 valence electrons. The van der Waals surface area contributed by atoms with E-state index in [0.717, 1.165) is 10.4 Å². The van der Waals surface area contributed by atoms with E-state index in [1.54, 1.807) is 0 Å². The van der Waals surface area contributed by atoms with Gasteiger partial charge in [-0.25, -0.2) is 8.42 Å². The van der Waals surface area contributed by atoms with Gasteiger partial charge in [0.25, 0.3) is 0 Å². The molecule has 1 aliphatic heterocycles. The highest BCUT2D eigenvalue weighted by Crippen LogP contribution is 2.57. The predicted molar refractivity (Wildman–Crippen MR) is 86.9 cm³/mol. The average molecular weight is 407 g/mol. The van der Waals surface area contributed by atoms with E-state index in [-0.39, 0.29) is 24.1 Å². The lowest BCUT2D eigenvalue weighted by Crippen LogP contribution is -2.43. The molecule has 3 aliphatic rings. The lowest BCUT2D eigenvalue weighted by Gasteiger charge is -2.29. The van der Waals surface area contributed by atoms with Crippen molar-refractivity contribution in [3.63, 3.8) is 0 Å². The van der Waals surface area contributed by atoms with Gasteiger partial charge in [0.1, 0.15) is 0 Å². The van der Waals surface area contributed by atoms with Crippen molar-refractivity contribution < 1.29 is 26.7 Å². The van der Waals surface area contributed by atoms with Gasteiger partial charge in [0.2, 0.25) is 10.0 Å². The van der Waals surface area contributed by atoms with Crippen LogP contribution in [0.15, 0.2) is 18.2 Å². The van der Waals surface area contributed by atoms with Crippen molar-refractivity contribution in [1.29, 1.82) is 5.26 Å². The summed E-state index contributed by atoms with van der Waals surface area (Å²) < 4.78 is 66.5. The number of hydrogen-bond acceptors (Lipinski definition) is 4. The summed E-state index contributed by atoms with van der Waals surface area (Å²) in [7, 11) is -3.92.